The minimum absolute atomic E-state index is 0.0386. The molecule has 0 saturated heterocycles. The van der Waals surface area contributed by atoms with Gasteiger partial charge in [0.1, 0.15) is 5.82 Å². The predicted octanol–water partition coefficient (Wildman–Crippen LogP) is 0.568. The van der Waals surface area contributed by atoms with Crippen LogP contribution in [0.2, 0.25) is 0 Å². The van der Waals surface area contributed by atoms with Gasteiger partial charge in [-0.1, -0.05) is 0 Å². The van der Waals surface area contributed by atoms with E-state index in [1.165, 1.54) is 29.0 Å². The third kappa shape index (κ3) is 3.19. The highest BCUT2D eigenvalue weighted by Crippen LogP contribution is 2.13. The number of nitrogen functional groups attached to an aromatic ring is 1. The Balaban J connectivity index is 2.80. The molecule has 0 spiro atoms. The molecule has 1 aromatic carbocycles. The highest BCUT2D eigenvalue weighted by molar-refractivity contribution is 5.97. The lowest BCUT2D eigenvalue weighted by atomic mass is 10.1. The summed E-state index contributed by atoms with van der Waals surface area (Å²) < 4.78 is 13.0. The topological polar surface area (TPSA) is 66.6 Å². The van der Waals surface area contributed by atoms with E-state index in [2.05, 4.69) is 0 Å². The lowest BCUT2D eigenvalue weighted by Gasteiger charge is -2.19. The van der Waals surface area contributed by atoms with E-state index in [4.69, 9.17) is 5.73 Å². The summed E-state index contributed by atoms with van der Waals surface area (Å²) >= 11 is 0. The molecule has 0 saturated carbocycles. The Labute approximate surface area is 105 Å². The Kier molecular flexibility index (Phi) is 4.25. The normalized spacial score (nSPS) is 10.0. The Bertz CT molecular complexity index is 474. The molecule has 0 aromatic heterocycles. The molecular formula is C12H16FN3O2. The first kappa shape index (κ1) is 14.0. The van der Waals surface area contributed by atoms with E-state index in [0.29, 0.717) is 0 Å². The Morgan fingerprint density at radius 2 is 1.89 bits per heavy atom. The minimum Gasteiger partial charge on any atom is -0.396 e. The summed E-state index contributed by atoms with van der Waals surface area (Å²) in [5, 5.41) is 0. The number of nitrogens with two attached hydrogens (primary N) is 1. The number of halogens is 1. The van der Waals surface area contributed by atoms with Crippen LogP contribution in [0.4, 0.5) is 10.1 Å². The molecule has 1 aromatic rings. The van der Waals surface area contributed by atoms with Gasteiger partial charge in [0.15, 0.2) is 0 Å². The standard InChI is InChI=1S/C12H16FN3O2/c1-15(2)11(17)7-16(3)12(18)8-4-5-9(13)10(14)6-8/h4-6H,7,14H2,1-3H3. The molecule has 2 amide bonds. The number of carbonyl (C=O) groups is 2. The van der Waals surface area contributed by atoms with Crippen molar-refractivity contribution in [2.45, 2.75) is 0 Å². The highest BCUT2D eigenvalue weighted by atomic mass is 19.1. The molecule has 98 valence electrons. The van der Waals surface area contributed by atoms with Crippen molar-refractivity contribution in [3.8, 4) is 0 Å². The van der Waals surface area contributed by atoms with Crippen molar-refractivity contribution in [2.75, 3.05) is 33.4 Å². The van der Waals surface area contributed by atoms with Gasteiger partial charge in [0.25, 0.3) is 5.91 Å². The van der Waals surface area contributed by atoms with Gasteiger partial charge in [0.05, 0.1) is 12.2 Å². The molecule has 0 unspecified atom stereocenters. The van der Waals surface area contributed by atoms with Crippen LogP contribution in [0.5, 0.6) is 0 Å². The first-order valence-electron chi connectivity index (χ1n) is 5.33. The van der Waals surface area contributed by atoms with E-state index < -0.39 is 5.82 Å². The van der Waals surface area contributed by atoms with Crippen molar-refractivity contribution >= 4 is 17.5 Å². The maximum absolute atomic E-state index is 13.0. The average Bonchev–Trinajstić information content (AvgIpc) is 2.31. The smallest absolute Gasteiger partial charge is 0.254 e. The number of anilines is 1. The average molecular weight is 253 g/mol. The molecule has 0 aliphatic carbocycles. The molecule has 0 aliphatic rings. The third-order valence-electron chi connectivity index (χ3n) is 2.46. The zero-order valence-electron chi connectivity index (χ0n) is 10.6. The van der Waals surface area contributed by atoms with Crippen molar-refractivity contribution < 1.29 is 14.0 Å². The number of hydrogen-bond donors (Lipinski definition) is 1. The maximum Gasteiger partial charge on any atom is 0.254 e. The lowest BCUT2D eigenvalue weighted by molar-refractivity contribution is -0.129. The van der Waals surface area contributed by atoms with Crippen LogP contribution in [-0.2, 0) is 4.79 Å². The van der Waals surface area contributed by atoms with Crippen LogP contribution in [0, 0.1) is 5.82 Å². The minimum atomic E-state index is -0.571. The van der Waals surface area contributed by atoms with Crippen LogP contribution in [-0.4, -0.2) is 49.3 Å². The second kappa shape index (κ2) is 5.48. The molecule has 0 atom stereocenters. The van der Waals surface area contributed by atoms with Crippen LogP contribution in [0.25, 0.3) is 0 Å². The van der Waals surface area contributed by atoms with Crippen molar-refractivity contribution in [1.82, 2.24) is 9.80 Å². The number of hydrogen-bond acceptors (Lipinski definition) is 3. The van der Waals surface area contributed by atoms with Crippen LogP contribution in [0.1, 0.15) is 10.4 Å². The summed E-state index contributed by atoms with van der Waals surface area (Å²) in [7, 11) is 4.72. The Morgan fingerprint density at radius 3 is 2.39 bits per heavy atom. The second-order valence-corrected chi connectivity index (χ2v) is 4.19. The zero-order chi connectivity index (χ0) is 13.9. The third-order valence-corrected chi connectivity index (χ3v) is 2.46. The molecule has 0 heterocycles. The van der Waals surface area contributed by atoms with Gasteiger partial charge >= 0.3 is 0 Å². The number of nitrogens with zero attached hydrogens (tertiary/aromatic N) is 2. The number of carbonyl (C=O) groups excluding carboxylic acids is 2. The van der Waals surface area contributed by atoms with Gasteiger partial charge < -0.3 is 15.5 Å². The van der Waals surface area contributed by atoms with Crippen LogP contribution >= 0.6 is 0 Å². The largest absolute Gasteiger partial charge is 0.396 e. The second-order valence-electron chi connectivity index (χ2n) is 4.19. The van der Waals surface area contributed by atoms with Gasteiger partial charge in [-0.2, -0.15) is 0 Å². The van der Waals surface area contributed by atoms with Gasteiger partial charge in [-0.05, 0) is 18.2 Å². The van der Waals surface area contributed by atoms with E-state index in [1.807, 2.05) is 0 Å². The van der Waals surface area contributed by atoms with Crippen LogP contribution < -0.4 is 5.73 Å². The highest BCUT2D eigenvalue weighted by Gasteiger charge is 2.16. The zero-order valence-corrected chi connectivity index (χ0v) is 10.6. The van der Waals surface area contributed by atoms with Gasteiger partial charge in [0.2, 0.25) is 5.91 Å². The monoisotopic (exact) mass is 253 g/mol. The van der Waals surface area contributed by atoms with Gasteiger partial charge in [0, 0.05) is 26.7 Å². The van der Waals surface area contributed by atoms with Crippen molar-refractivity contribution in [3.63, 3.8) is 0 Å². The molecule has 2 N–H and O–H groups in total. The Morgan fingerprint density at radius 1 is 1.28 bits per heavy atom. The van der Waals surface area contributed by atoms with E-state index in [9.17, 15) is 14.0 Å². The first-order valence-corrected chi connectivity index (χ1v) is 5.33. The molecule has 0 fully saturated rings. The van der Waals surface area contributed by atoms with E-state index in [1.54, 1.807) is 14.1 Å². The molecule has 1 rings (SSSR count). The van der Waals surface area contributed by atoms with Crippen LogP contribution in [0.15, 0.2) is 18.2 Å². The van der Waals surface area contributed by atoms with E-state index in [-0.39, 0.29) is 29.6 Å². The summed E-state index contributed by atoms with van der Waals surface area (Å²) in [6.45, 7) is -0.0386. The van der Waals surface area contributed by atoms with E-state index in [0.717, 1.165) is 6.07 Å². The summed E-state index contributed by atoms with van der Waals surface area (Å²) in [6, 6.07) is 3.73. The first-order chi connectivity index (χ1) is 8.32. The van der Waals surface area contributed by atoms with Crippen molar-refractivity contribution in [1.29, 1.82) is 0 Å². The summed E-state index contributed by atoms with van der Waals surface area (Å²) in [4.78, 5) is 26.1. The number of likely N-dealkylation sites (N-methyl/N-ethyl adjacent to an activating group) is 2. The van der Waals surface area contributed by atoms with Crippen molar-refractivity contribution in [3.05, 3.63) is 29.6 Å². The lowest BCUT2D eigenvalue weighted by Crippen LogP contribution is -2.37. The molecule has 0 aliphatic heterocycles. The SMILES string of the molecule is CN(C)C(=O)CN(C)C(=O)c1ccc(F)c(N)c1. The fourth-order valence-corrected chi connectivity index (χ4v) is 1.31. The number of rotatable bonds is 3. The fourth-order valence-electron chi connectivity index (χ4n) is 1.31. The van der Waals surface area contributed by atoms with E-state index >= 15 is 0 Å². The molecule has 18 heavy (non-hydrogen) atoms. The van der Waals surface area contributed by atoms with Gasteiger partial charge in [-0.15, -0.1) is 0 Å². The van der Waals surface area contributed by atoms with Crippen LogP contribution in [0.3, 0.4) is 0 Å². The molecule has 0 radical (unpaired) electrons. The summed E-state index contributed by atoms with van der Waals surface area (Å²) in [5.74, 6) is -1.14. The molecule has 0 bridgehead atoms. The molecule has 6 heteroatoms. The number of amides is 2. The molecule has 5 nitrogen and oxygen atoms in total. The summed E-state index contributed by atoms with van der Waals surface area (Å²) in [6.07, 6.45) is 0. The van der Waals surface area contributed by atoms with Gasteiger partial charge in [-0.3, -0.25) is 9.59 Å². The quantitative estimate of drug-likeness (QED) is 0.801. The predicted molar refractivity (Wildman–Crippen MR) is 66.5 cm³/mol. The van der Waals surface area contributed by atoms with Crippen molar-refractivity contribution in [2.24, 2.45) is 0 Å². The fraction of sp³-hybridized carbons (Fsp3) is 0.333. The number of benzene rings is 1. The molecular weight excluding hydrogens is 237 g/mol. The summed E-state index contributed by atoms with van der Waals surface area (Å²) in [5.41, 5.74) is 5.55. The van der Waals surface area contributed by atoms with Gasteiger partial charge in [-0.25, -0.2) is 4.39 Å². The maximum atomic E-state index is 13.0. The Hall–Kier alpha value is -2.11.